The summed E-state index contributed by atoms with van der Waals surface area (Å²) in [5, 5.41) is 10.2. The van der Waals surface area contributed by atoms with E-state index in [2.05, 4.69) is 0 Å². The van der Waals surface area contributed by atoms with Crippen molar-refractivity contribution in [1.29, 1.82) is 0 Å². The first-order valence-electron chi connectivity index (χ1n) is 16.1. The minimum atomic E-state index is -0.707. The Kier molecular flexibility index (Phi) is 8.06. The molecule has 7 rings (SSSR count). The van der Waals surface area contributed by atoms with E-state index in [0.717, 1.165) is 16.7 Å². The second-order valence-electron chi connectivity index (χ2n) is 12.7. The van der Waals surface area contributed by atoms with Crippen LogP contribution in [0.4, 0.5) is 5.69 Å². The minimum Gasteiger partial charge on any atom is -0.508 e. The number of Topliss-reactive ketones (excluding diaryl/α,β-unsaturated/α-hetero) is 1. The summed E-state index contributed by atoms with van der Waals surface area (Å²) < 4.78 is 16.4. The number of imide groups is 1. The molecule has 3 aromatic carbocycles. The highest BCUT2D eigenvalue weighted by Gasteiger charge is 2.56. The molecule has 1 fully saturated rings. The number of ether oxygens (including phenoxy) is 3. The van der Waals surface area contributed by atoms with Crippen molar-refractivity contribution in [2.75, 3.05) is 26.2 Å². The quantitative estimate of drug-likeness (QED) is 0.138. The predicted molar refractivity (Wildman–Crippen MR) is 183 cm³/mol. The number of methoxy groups -OCH3 is 3. The molecule has 1 heterocycles. The number of rotatable bonds is 7. The number of anilines is 1. The van der Waals surface area contributed by atoms with Crippen LogP contribution in [0.15, 0.2) is 95.1 Å². The third kappa shape index (κ3) is 5.26. The topological polar surface area (TPSA) is 119 Å². The number of hydrogen-bond donors (Lipinski definition) is 1. The van der Waals surface area contributed by atoms with Crippen molar-refractivity contribution in [2.24, 2.45) is 17.8 Å². The monoisotopic (exact) mass is 657 g/mol. The number of carbonyl (C=O) groups excluding carboxylic acids is 4. The Morgan fingerprint density at radius 2 is 1.57 bits per heavy atom. The maximum atomic E-state index is 14.3. The van der Waals surface area contributed by atoms with Gasteiger partial charge in [0, 0.05) is 39.8 Å². The van der Waals surface area contributed by atoms with E-state index >= 15 is 0 Å². The fourth-order valence-electron chi connectivity index (χ4n) is 7.82. The van der Waals surface area contributed by atoms with Crippen LogP contribution in [-0.4, -0.2) is 49.8 Å². The number of nitrogens with zero attached hydrogens (tertiary/aromatic N) is 1. The Balaban J connectivity index is 1.22. The van der Waals surface area contributed by atoms with Crippen LogP contribution in [-0.2, 0) is 19.2 Å². The van der Waals surface area contributed by atoms with Gasteiger partial charge in [0.05, 0.1) is 38.9 Å². The van der Waals surface area contributed by atoms with Gasteiger partial charge >= 0.3 is 0 Å². The van der Waals surface area contributed by atoms with Gasteiger partial charge < -0.3 is 19.3 Å². The Morgan fingerprint density at radius 3 is 2.29 bits per heavy atom. The molecule has 4 aliphatic rings. The molecule has 1 aliphatic heterocycles. The summed E-state index contributed by atoms with van der Waals surface area (Å²) in [5.41, 5.74) is 4.66. The number of phenolic OH excluding ortho intramolecular Hbond substituents is 1. The van der Waals surface area contributed by atoms with Gasteiger partial charge in [-0.25, -0.2) is 0 Å². The summed E-state index contributed by atoms with van der Waals surface area (Å²) in [4.78, 5) is 56.7. The number of amides is 2. The number of allylic oxidation sites excluding steroid dienone is 6. The van der Waals surface area contributed by atoms with Gasteiger partial charge in [0.15, 0.2) is 11.6 Å². The van der Waals surface area contributed by atoms with E-state index < -0.39 is 23.7 Å². The van der Waals surface area contributed by atoms with Crippen molar-refractivity contribution in [2.45, 2.75) is 25.7 Å². The van der Waals surface area contributed by atoms with Gasteiger partial charge in [0.1, 0.15) is 23.0 Å². The van der Waals surface area contributed by atoms with Gasteiger partial charge in [-0.05, 0) is 73.7 Å². The molecule has 4 atom stereocenters. The fraction of sp³-hybridized carbons (Fsp3) is 0.250. The smallest absolute Gasteiger partial charge is 0.238 e. The van der Waals surface area contributed by atoms with Crippen molar-refractivity contribution >= 4 is 41.2 Å². The molecule has 49 heavy (non-hydrogen) atoms. The van der Waals surface area contributed by atoms with Crippen molar-refractivity contribution < 1.29 is 38.5 Å². The van der Waals surface area contributed by atoms with Crippen LogP contribution in [0.2, 0.25) is 0 Å². The number of benzene rings is 3. The van der Waals surface area contributed by atoms with E-state index in [1.165, 1.54) is 30.2 Å². The SMILES string of the molecule is COc1ccc(OC)c(C=Cc2ccc(N3C(=O)C4CC=C5C(c6ccc(O)cc6OC)C6=C(CC5C4C3=O)C(=O)C(C)=CC6=O)cc2)c1. The van der Waals surface area contributed by atoms with Crippen molar-refractivity contribution in [3.8, 4) is 23.0 Å². The third-order valence-corrected chi connectivity index (χ3v) is 10.1. The van der Waals surface area contributed by atoms with Crippen molar-refractivity contribution in [1.82, 2.24) is 0 Å². The first-order valence-corrected chi connectivity index (χ1v) is 16.1. The lowest BCUT2D eigenvalue weighted by molar-refractivity contribution is -0.123. The maximum Gasteiger partial charge on any atom is 0.238 e. The molecule has 2 amide bonds. The van der Waals surface area contributed by atoms with Crippen molar-refractivity contribution in [3.63, 3.8) is 0 Å². The summed E-state index contributed by atoms with van der Waals surface area (Å²) in [5.74, 6) is -1.80. The molecule has 1 N–H and O–H groups in total. The Hall–Kier alpha value is -5.70. The molecule has 3 aromatic rings. The van der Waals surface area contributed by atoms with Crippen LogP contribution in [0.25, 0.3) is 12.2 Å². The van der Waals surface area contributed by atoms with Gasteiger partial charge in [-0.1, -0.05) is 42.0 Å². The molecule has 0 radical (unpaired) electrons. The average Bonchev–Trinajstić information content (AvgIpc) is 3.37. The molecular formula is C40H35NO8. The molecule has 1 saturated heterocycles. The summed E-state index contributed by atoms with van der Waals surface area (Å²) in [6.45, 7) is 1.62. The Labute approximate surface area is 283 Å². The summed E-state index contributed by atoms with van der Waals surface area (Å²) in [6.07, 6.45) is 7.64. The van der Waals surface area contributed by atoms with Gasteiger partial charge in [0.2, 0.25) is 11.8 Å². The molecule has 0 spiro atoms. The minimum absolute atomic E-state index is 0.00428. The number of aromatic hydroxyl groups is 1. The second kappa shape index (κ2) is 12.4. The van der Waals surface area contributed by atoms with E-state index in [9.17, 15) is 24.3 Å². The van der Waals surface area contributed by atoms with E-state index in [4.69, 9.17) is 14.2 Å². The summed E-state index contributed by atoms with van der Waals surface area (Å²) >= 11 is 0. The zero-order valence-corrected chi connectivity index (χ0v) is 27.6. The first-order chi connectivity index (χ1) is 23.6. The Morgan fingerprint density at radius 1 is 0.816 bits per heavy atom. The second-order valence-corrected chi connectivity index (χ2v) is 12.7. The standard InChI is InChI=1S/C40H35NO8/c1-21-17-32(43)37-31(38(21)44)20-30-27(35(37)28-13-11-25(42)19-34(28)49-4)14-15-29-36(30)40(46)41(39(29)45)24-9-6-22(7-10-24)5-8-23-18-26(47-2)12-16-33(23)48-3/h5-14,16-19,29-30,35-36,42H,15,20H2,1-4H3. The number of fused-ring (bicyclic) bond motifs is 3. The average molecular weight is 658 g/mol. The molecule has 9 nitrogen and oxygen atoms in total. The number of hydrogen-bond acceptors (Lipinski definition) is 8. The largest absolute Gasteiger partial charge is 0.508 e. The molecular weight excluding hydrogens is 622 g/mol. The normalized spacial score (nSPS) is 23.2. The molecule has 0 bridgehead atoms. The fourth-order valence-corrected chi connectivity index (χ4v) is 7.82. The van der Waals surface area contributed by atoms with Crippen LogP contribution < -0.4 is 19.1 Å². The molecule has 0 aromatic heterocycles. The van der Waals surface area contributed by atoms with E-state index in [0.29, 0.717) is 51.6 Å². The van der Waals surface area contributed by atoms with Gasteiger partial charge in [-0.2, -0.15) is 0 Å². The number of ketones is 2. The van der Waals surface area contributed by atoms with Crippen LogP contribution in [0, 0.1) is 17.8 Å². The lowest BCUT2D eigenvalue weighted by Crippen LogP contribution is -2.39. The molecule has 4 unspecified atom stereocenters. The third-order valence-electron chi connectivity index (χ3n) is 10.1. The van der Waals surface area contributed by atoms with Gasteiger partial charge in [-0.15, -0.1) is 0 Å². The number of carbonyl (C=O) groups is 4. The summed E-state index contributed by atoms with van der Waals surface area (Å²) in [6, 6.07) is 17.4. The maximum absolute atomic E-state index is 14.3. The summed E-state index contributed by atoms with van der Waals surface area (Å²) in [7, 11) is 4.68. The van der Waals surface area contributed by atoms with Crippen LogP contribution >= 0.6 is 0 Å². The van der Waals surface area contributed by atoms with Crippen molar-refractivity contribution in [3.05, 3.63) is 112 Å². The Bertz CT molecular complexity index is 2050. The molecule has 248 valence electrons. The highest BCUT2D eigenvalue weighted by Crippen LogP contribution is 2.56. The molecule has 3 aliphatic carbocycles. The lowest BCUT2D eigenvalue weighted by atomic mass is 9.59. The predicted octanol–water partition coefficient (Wildman–Crippen LogP) is 6.22. The van der Waals surface area contributed by atoms with E-state index in [-0.39, 0.29) is 35.6 Å². The van der Waals surface area contributed by atoms with Crippen LogP contribution in [0.3, 0.4) is 0 Å². The highest BCUT2D eigenvalue weighted by molar-refractivity contribution is 6.25. The number of phenols is 1. The lowest BCUT2D eigenvalue weighted by Gasteiger charge is -2.42. The highest BCUT2D eigenvalue weighted by atomic mass is 16.5. The van der Waals surface area contributed by atoms with Crippen LogP contribution in [0.5, 0.6) is 23.0 Å². The zero-order valence-electron chi connectivity index (χ0n) is 27.6. The van der Waals surface area contributed by atoms with E-state index in [1.54, 1.807) is 39.3 Å². The van der Waals surface area contributed by atoms with Crippen LogP contribution in [0.1, 0.15) is 42.4 Å². The first kappa shape index (κ1) is 31.9. The van der Waals surface area contributed by atoms with E-state index in [1.807, 2.05) is 48.6 Å². The molecule has 0 saturated carbocycles. The zero-order chi connectivity index (χ0) is 34.6. The van der Waals surface area contributed by atoms with Gasteiger partial charge in [0.25, 0.3) is 0 Å². The van der Waals surface area contributed by atoms with Gasteiger partial charge in [-0.3, -0.25) is 24.1 Å². The molecule has 9 heteroatoms.